The van der Waals surface area contributed by atoms with Gasteiger partial charge in [-0.25, -0.2) is 4.68 Å². The van der Waals surface area contributed by atoms with Gasteiger partial charge in [0.25, 0.3) is 0 Å². The summed E-state index contributed by atoms with van der Waals surface area (Å²) in [5.41, 5.74) is 8.74. The van der Waals surface area contributed by atoms with E-state index in [0.29, 0.717) is 5.41 Å². The van der Waals surface area contributed by atoms with Crippen molar-refractivity contribution in [2.45, 2.75) is 39.7 Å². The second-order valence-corrected chi connectivity index (χ2v) is 6.26. The van der Waals surface area contributed by atoms with Crippen LogP contribution in [0.5, 0.6) is 0 Å². The molecule has 1 heterocycles. The first-order valence-corrected chi connectivity index (χ1v) is 6.81. The maximum atomic E-state index is 6.24. The number of nitrogens with zero attached hydrogens (tertiary/aromatic N) is 2. The standard InChI is InChI=1S/C16H23N3/c1-16(2,3)10-9-15(17)13-11-18-19(12-13)14-7-5-4-6-8-14/h4-8,11-12,15H,9-10,17H2,1-3H3. The van der Waals surface area contributed by atoms with E-state index < -0.39 is 0 Å². The fraction of sp³-hybridized carbons (Fsp3) is 0.438. The molecule has 2 aromatic rings. The third kappa shape index (κ3) is 3.93. The number of nitrogens with two attached hydrogens (primary N) is 1. The molecule has 0 saturated heterocycles. The molecule has 3 heteroatoms. The Balaban J connectivity index is 2.05. The van der Waals surface area contributed by atoms with Gasteiger partial charge in [0, 0.05) is 17.8 Å². The Bertz CT molecular complexity index is 508. The van der Waals surface area contributed by atoms with Crippen LogP contribution in [0.25, 0.3) is 5.69 Å². The molecule has 2 N–H and O–H groups in total. The Kier molecular flexibility index (Phi) is 4.05. The highest BCUT2D eigenvalue weighted by Crippen LogP contribution is 2.26. The molecular formula is C16H23N3. The van der Waals surface area contributed by atoms with Crippen LogP contribution in [0.4, 0.5) is 0 Å². The van der Waals surface area contributed by atoms with Crippen molar-refractivity contribution in [3.8, 4) is 5.69 Å². The van der Waals surface area contributed by atoms with E-state index in [1.54, 1.807) is 0 Å². The molecule has 0 aliphatic carbocycles. The minimum absolute atomic E-state index is 0.0664. The van der Waals surface area contributed by atoms with Crippen LogP contribution in [-0.2, 0) is 0 Å². The van der Waals surface area contributed by atoms with Gasteiger partial charge in [0.15, 0.2) is 0 Å². The number of benzene rings is 1. The molecule has 102 valence electrons. The number of para-hydroxylation sites is 1. The Morgan fingerprint density at radius 2 is 1.89 bits per heavy atom. The lowest BCUT2D eigenvalue weighted by atomic mass is 9.88. The molecule has 0 saturated carbocycles. The fourth-order valence-electron chi connectivity index (χ4n) is 2.01. The first kappa shape index (κ1) is 13.8. The van der Waals surface area contributed by atoms with E-state index >= 15 is 0 Å². The molecule has 0 aliphatic heterocycles. The van der Waals surface area contributed by atoms with E-state index in [1.165, 1.54) is 0 Å². The monoisotopic (exact) mass is 257 g/mol. The van der Waals surface area contributed by atoms with Crippen LogP contribution in [0.1, 0.15) is 45.2 Å². The van der Waals surface area contributed by atoms with E-state index in [1.807, 2.05) is 47.4 Å². The van der Waals surface area contributed by atoms with Crippen LogP contribution in [0.3, 0.4) is 0 Å². The van der Waals surface area contributed by atoms with Crippen molar-refractivity contribution in [2.75, 3.05) is 0 Å². The number of aromatic nitrogens is 2. The van der Waals surface area contributed by atoms with E-state index in [-0.39, 0.29) is 6.04 Å². The lowest BCUT2D eigenvalue weighted by molar-refractivity contribution is 0.350. The summed E-state index contributed by atoms with van der Waals surface area (Å²) in [4.78, 5) is 0. The SMILES string of the molecule is CC(C)(C)CCC(N)c1cnn(-c2ccccc2)c1. The van der Waals surface area contributed by atoms with E-state index in [2.05, 4.69) is 25.9 Å². The zero-order valence-electron chi connectivity index (χ0n) is 12.0. The molecule has 1 atom stereocenters. The normalized spacial score (nSPS) is 13.5. The van der Waals surface area contributed by atoms with E-state index in [9.17, 15) is 0 Å². The van der Waals surface area contributed by atoms with Crippen molar-refractivity contribution in [3.05, 3.63) is 48.3 Å². The van der Waals surface area contributed by atoms with Gasteiger partial charge in [-0.3, -0.25) is 0 Å². The van der Waals surface area contributed by atoms with Gasteiger partial charge in [0.05, 0.1) is 11.9 Å². The van der Waals surface area contributed by atoms with Crippen LogP contribution < -0.4 is 5.73 Å². The van der Waals surface area contributed by atoms with Gasteiger partial charge >= 0.3 is 0 Å². The first-order chi connectivity index (χ1) is 8.96. The molecule has 0 fully saturated rings. The van der Waals surface area contributed by atoms with Crippen molar-refractivity contribution in [3.63, 3.8) is 0 Å². The van der Waals surface area contributed by atoms with Gasteiger partial charge in [0.2, 0.25) is 0 Å². The predicted molar refractivity (Wildman–Crippen MR) is 79.2 cm³/mol. The second kappa shape index (κ2) is 5.57. The minimum Gasteiger partial charge on any atom is -0.324 e. The summed E-state index contributed by atoms with van der Waals surface area (Å²) in [5.74, 6) is 0. The minimum atomic E-state index is 0.0664. The second-order valence-electron chi connectivity index (χ2n) is 6.26. The Morgan fingerprint density at radius 3 is 2.53 bits per heavy atom. The predicted octanol–water partition coefficient (Wildman–Crippen LogP) is 3.70. The molecule has 19 heavy (non-hydrogen) atoms. The van der Waals surface area contributed by atoms with Gasteiger partial charge in [-0.2, -0.15) is 5.10 Å². The molecule has 3 nitrogen and oxygen atoms in total. The number of hydrogen-bond donors (Lipinski definition) is 1. The molecule has 0 aliphatic rings. The molecule has 1 unspecified atom stereocenters. The van der Waals surface area contributed by atoms with Gasteiger partial charge in [-0.05, 0) is 30.4 Å². The molecule has 1 aromatic heterocycles. The molecule has 0 bridgehead atoms. The number of rotatable bonds is 4. The quantitative estimate of drug-likeness (QED) is 0.907. The summed E-state index contributed by atoms with van der Waals surface area (Å²) >= 11 is 0. The summed E-state index contributed by atoms with van der Waals surface area (Å²) in [5, 5.41) is 4.39. The highest BCUT2D eigenvalue weighted by molar-refractivity contribution is 5.31. The smallest absolute Gasteiger partial charge is 0.0645 e. The molecule has 0 radical (unpaired) electrons. The van der Waals surface area contributed by atoms with E-state index in [4.69, 9.17) is 5.73 Å². The van der Waals surface area contributed by atoms with Crippen LogP contribution in [0, 0.1) is 5.41 Å². The Hall–Kier alpha value is -1.61. The number of hydrogen-bond acceptors (Lipinski definition) is 2. The zero-order chi connectivity index (χ0) is 13.9. The molecule has 1 aromatic carbocycles. The molecular weight excluding hydrogens is 234 g/mol. The maximum absolute atomic E-state index is 6.24. The van der Waals surface area contributed by atoms with E-state index in [0.717, 1.165) is 24.1 Å². The summed E-state index contributed by atoms with van der Waals surface area (Å²) in [7, 11) is 0. The molecule has 0 spiro atoms. The highest BCUT2D eigenvalue weighted by atomic mass is 15.3. The van der Waals surface area contributed by atoms with Crippen molar-refractivity contribution in [1.82, 2.24) is 9.78 Å². The van der Waals surface area contributed by atoms with Gasteiger partial charge < -0.3 is 5.73 Å². The van der Waals surface area contributed by atoms with Crippen molar-refractivity contribution in [2.24, 2.45) is 11.1 Å². The average Bonchev–Trinajstić information content (AvgIpc) is 2.86. The maximum Gasteiger partial charge on any atom is 0.0645 e. The summed E-state index contributed by atoms with van der Waals surface area (Å²) in [6.45, 7) is 6.73. The molecule has 0 amide bonds. The average molecular weight is 257 g/mol. The topological polar surface area (TPSA) is 43.8 Å². The highest BCUT2D eigenvalue weighted by Gasteiger charge is 2.15. The van der Waals surface area contributed by atoms with Crippen LogP contribution in [0.15, 0.2) is 42.7 Å². The van der Waals surface area contributed by atoms with Crippen molar-refractivity contribution >= 4 is 0 Å². The molecule has 2 rings (SSSR count). The Morgan fingerprint density at radius 1 is 1.21 bits per heavy atom. The summed E-state index contributed by atoms with van der Waals surface area (Å²) < 4.78 is 1.88. The lowest BCUT2D eigenvalue weighted by Crippen LogP contribution is -2.14. The van der Waals surface area contributed by atoms with Crippen molar-refractivity contribution < 1.29 is 0 Å². The third-order valence-electron chi connectivity index (χ3n) is 3.26. The van der Waals surface area contributed by atoms with Crippen LogP contribution in [0.2, 0.25) is 0 Å². The fourth-order valence-corrected chi connectivity index (χ4v) is 2.01. The Labute approximate surface area is 115 Å². The lowest BCUT2D eigenvalue weighted by Gasteiger charge is -2.20. The first-order valence-electron chi connectivity index (χ1n) is 6.81. The van der Waals surface area contributed by atoms with Crippen LogP contribution >= 0.6 is 0 Å². The van der Waals surface area contributed by atoms with Crippen LogP contribution in [-0.4, -0.2) is 9.78 Å². The van der Waals surface area contributed by atoms with Gasteiger partial charge in [0.1, 0.15) is 0 Å². The summed E-state index contributed by atoms with van der Waals surface area (Å²) in [6.07, 6.45) is 6.01. The van der Waals surface area contributed by atoms with Crippen molar-refractivity contribution in [1.29, 1.82) is 0 Å². The van der Waals surface area contributed by atoms with Gasteiger partial charge in [-0.1, -0.05) is 39.0 Å². The largest absolute Gasteiger partial charge is 0.324 e. The van der Waals surface area contributed by atoms with Gasteiger partial charge in [-0.15, -0.1) is 0 Å². The third-order valence-corrected chi connectivity index (χ3v) is 3.26. The summed E-state index contributed by atoms with van der Waals surface area (Å²) in [6, 6.07) is 10.2. The zero-order valence-corrected chi connectivity index (χ0v) is 12.0.